The number of rotatable bonds is 8. The first-order valence-corrected chi connectivity index (χ1v) is 15.4. The van der Waals surface area contributed by atoms with Crippen molar-refractivity contribution in [3.63, 3.8) is 0 Å². The molecule has 0 amide bonds. The Morgan fingerprint density at radius 1 is 0.977 bits per heavy atom. The Bertz CT molecular complexity index is 1840. The van der Waals surface area contributed by atoms with E-state index in [1.165, 1.54) is 12.1 Å². The second-order valence-corrected chi connectivity index (χ2v) is 11.1. The molecule has 0 radical (unpaired) electrons. The molecule has 0 bridgehead atoms. The molecular formula is C35H37F2N3O4. The first-order valence-electron chi connectivity index (χ1n) is 15.4. The number of aryl methyl sites for hydroxylation is 3. The van der Waals surface area contributed by atoms with Crippen LogP contribution in [0.2, 0.25) is 0 Å². The Kier molecular flexibility index (Phi) is 8.66. The molecule has 9 heteroatoms. The molecule has 5 aromatic rings. The zero-order valence-corrected chi connectivity index (χ0v) is 25.4. The van der Waals surface area contributed by atoms with Gasteiger partial charge in [0.1, 0.15) is 23.1 Å². The average Bonchev–Trinajstić information content (AvgIpc) is 3.50. The molecule has 0 N–H and O–H groups in total. The van der Waals surface area contributed by atoms with Gasteiger partial charge in [-0.3, -0.25) is 4.68 Å². The molecule has 230 valence electrons. The van der Waals surface area contributed by atoms with Gasteiger partial charge in [0.25, 0.3) is 0 Å². The molecule has 0 fully saturated rings. The molecule has 2 aromatic heterocycles. The summed E-state index contributed by atoms with van der Waals surface area (Å²) in [6, 6.07) is 13.5. The lowest BCUT2D eigenvalue weighted by Crippen LogP contribution is -2.15. The highest BCUT2D eigenvalue weighted by atomic mass is 19.1. The molecule has 0 unspecified atom stereocenters. The van der Waals surface area contributed by atoms with E-state index in [2.05, 4.69) is 0 Å². The summed E-state index contributed by atoms with van der Waals surface area (Å²) in [6.07, 6.45) is 3.27. The van der Waals surface area contributed by atoms with Crippen LogP contribution in [0.1, 0.15) is 60.5 Å². The number of esters is 1. The van der Waals surface area contributed by atoms with Crippen LogP contribution in [0, 0.1) is 11.6 Å². The van der Waals surface area contributed by atoms with Crippen molar-refractivity contribution in [1.29, 1.82) is 0 Å². The molecule has 0 atom stereocenters. The number of nitrogens with zero attached hydrogens (tertiary/aromatic N) is 3. The lowest BCUT2D eigenvalue weighted by Gasteiger charge is -2.14. The Morgan fingerprint density at radius 2 is 1.77 bits per heavy atom. The molecule has 0 aliphatic carbocycles. The molecule has 1 aliphatic rings. The van der Waals surface area contributed by atoms with Crippen LogP contribution in [0.4, 0.5) is 8.78 Å². The second-order valence-electron chi connectivity index (χ2n) is 11.1. The molecule has 44 heavy (non-hydrogen) atoms. The van der Waals surface area contributed by atoms with Gasteiger partial charge in [0, 0.05) is 53.2 Å². The van der Waals surface area contributed by atoms with E-state index in [0.717, 1.165) is 35.0 Å². The summed E-state index contributed by atoms with van der Waals surface area (Å²) in [5, 5.41) is 6.75. The number of benzene rings is 3. The van der Waals surface area contributed by atoms with E-state index in [0.29, 0.717) is 78.0 Å². The van der Waals surface area contributed by atoms with E-state index in [4.69, 9.17) is 19.3 Å². The summed E-state index contributed by atoms with van der Waals surface area (Å²) in [4.78, 5) is 13.6. The highest BCUT2D eigenvalue weighted by Crippen LogP contribution is 2.41. The van der Waals surface area contributed by atoms with Gasteiger partial charge in [0.2, 0.25) is 0 Å². The lowest BCUT2D eigenvalue weighted by molar-refractivity contribution is 0.0512. The van der Waals surface area contributed by atoms with Crippen molar-refractivity contribution in [3.8, 4) is 16.9 Å². The summed E-state index contributed by atoms with van der Waals surface area (Å²) in [5.41, 5.74) is 4.70. The van der Waals surface area contributed by atoms with Crippen LogP contribution in [0.3, 0.4) is 0 Å². The van der Waals surface area contributed by atoms with Gasteiger partial charge in [-0.1, -0.05) is 31.2 Å². The zero-order chi connectivity index (χ0) is 30.8. The molecule has 3 aromatic carbocycles. The molecular weight excluding hydrogens is 564 g/mol. The number of hydrogen-bond acceptors (Lipinski definition) is 5. The fourth-order valence-electron chi connectivity index (χ4n) is 6.49. The van der Waals surface area contributed by atoms with Crippen molar-refractivity contribution in [3.05, 3.63) is 82.8 Å². The van der Waals surface area contributed by atoms with Crippen molar-refractivity contribution < 1.29 is 27.8 Å². The van der Waals surface area contributed by atoms with E-state index in [1.807, 2.05) is 30.7 Å². The molecule has 0 spiro atoms. The zero-order valence-electron chi connectivity index (χ0n) is 25.4. The highest BCUT2D eigenvalue weighted by Gasteiger charge is 2.30. The maximum absolute atomic E-state index is 16.1. The lowest BCUT2D eigenvalue weighted by atomic mass is 9.96. The first kappa shape index (κ1) is 29.8. The quantitative estimate of drug-likeness (QED) is 0.136. The van der Waals surface area contributed by atoms with Gasteiger partial charge < -0.3 is 18.8 Å². The Morgan fingerprint density at radius 3 is 2.57 bits per heavy atom. The minimum Gasteiger partial charge on any atom is -0.493 e. The normalized spacial score (nSPS) is 13.6. The summed E-state index contributed by atoms with van der Waals surface area (Å²) < 4.78 is 51.8. The number of carbonyl (C=O) groups excluding carboxylic acids is 1. The largest absolute Gasteiger partial charge is 0.493 e. The van der Waals surface area contributed by atoms with Crippen molar-refractivity contribution in [2.45, 2.75) is 59.1 Å². The van der Waals surface area contributed by atoms with Crippen LogP contribution in [0.15, 0.2) is 48.5 Å². The minimum atomic E-state index is -0.427. The molecule has 0 saturated heterocycles. The summed E-state index contributed by atoms with van der Waals surface area (Å²) >= 11 is 0. The van der Waals surface area contributed by atoms with Gasteiger partial charge in [-0.2, -0.15) is 5.10 Å². The minimum absolute atomic E-state index is 0.225. The smallest absolute Gasteiger partial charge is 0.355 e. The maximum Gasteiger partial charge on any atom is 0.355 e. The van der Waals surface area contributed by atoms with E-state index in [9.17, 15) is 9.18 Å². The molecule has 6 rings (SSSR count). The van der Waals surface area contributed by atoms with E-state index in [1.54, 1.807) is 35.9 Å². The van der Waals surface area contributed by atoms with Gasteiger partial charge in [-0.05, 0) is 68.9 Å². The fourth-order valence-corrected chi connectivity index (χ4v) is 6.49. The van der Waals surface area contributed by atoms with Crippen molar-refractivity contribution in [2.24, 2.45) is 7.05 Å². The fraction of sp³-hybridized carbons (Fsp3) is 0.371. The van der Waals surface area contributed by atoms with E-state index in [-0.39, 0.29) is 24.8 Å². The average molecular weight is 602 g/mol. The molecule has 0 saturated carbocycles. The van der Waals surface area contributed by atoms with Crippen LogP contribution in [-0.4, -0.2) is 40.1 Å². The third kappa shape index (κ3) is 5.34. The van der Waals surface area contributed by atoms with Crippen LogP contribution in [-0.2, 0) is 42.5 Å². The number of fused-ring (bicyclic) bond motifs is 3. The topological polar surface area (TPSA) is 67.5 Å². The predicted molar refractivity (Wildman–Crippen MR) is 166 cm³/mol. The van der Waals surface area contributed by atoms with Crippen molar-refractivity contribution >= 4 is 27.6 Å². The van der Waals surface area contributed by atoms with Crippen LogP contribution >= 0.6 is 0 Å². The highest BCUT2D eigenvalue weighted by molar-refractivity contribution is 6.05. The number of carbonyl (C=O) groups is 1. The number of hydrogen-bond donors (Lipinski definition) is 0. The van der Waals surface area contributed by atoms with Crippen LogP contribution < -0.4 is 4.74 Å². The number of aromatic nitrogens is 3. The standard InChI is InChI=1S/C35H37F2N3O4/c1-4-29-32-28(38-39(29)3)21-42-19-9-8-18-40-33-25(14-15-27(37)31(32)33)24(34(40)35(41)43-5-2)13-10-20-44-30-17-16-26(36)22-11-6-7-12-23(22)30/h6-7,11-12,14-17H,4-5,8-10,13,18-21H2,1-3H3. The van der Waals surface area contributed by atoms with Crippen molar-refractivity contribution in [1.82, 2.24) is 14.3 Å². The SMILES string of the molecule is CCOC(=O)c1c(CCCOc2ccc(F)c3ccccc23)c2ccc(F)c3c2n1CCCCOCc1nn(C)c(CC)c1-3. The first-order chi connectivity index (χ1) is 21.4. The third-order valence-electron chi connectivity index (χ3n) is 8.39. The molecule has 1 aliphatic heterocycles. The maximum atomic E-state index is 16.1. The Hall–Kier alpha value is -4.24. The summed E-state index contributed by atoms with van der Waals surface area (Å²) in [5.74, 6) is -0.485. The predicted octanol–water partition coefficient (Wildman–Crippen LogP) is 7.53. The number of halogens is 2. The van der Waals surface area contributed by atoms with Gasteiger partial charge in [0.05, 0.1) is 31.0 Å². The van der Waals surface area contributed by atoms with Crippen LogP contribution in [0.25, 0.3) is 32.8 Å². The Balaban J connectivity index is 1.45. The second kappa shape index (κ2) is 12.8. The van der Waals surface area contributed by atoms with Gasteiger partial charge >= 0.3 is 5.97 Å². The third-order valence-corrected chi connectivity index (χ3v) is 8.39. The van der Waals surface area contributed by atoms with Gasteiger partial charge in [-0.25, -0.2) is 13.6 Å². The van der Waals surface area contributed by atoms with Crippen molar-refractivity contribution in [2.75, 3.05) is 19.8 Å². The molecule has 3 heterocycles. The van der Waals surface area contributed by atoms with Gasteiger partial charge in [0.15, 0.2) is 0 Å². The summed E-state index contributed by atoms with van der Waals surface area (Å²) in [6.45, 7) is 5.72. The van der Waals surface area contributed by atoms with E-state index < -0.39 is 5.97 Å². The van der Waals surface area contributed by atoms with E-state index >= 15 is 4.39 Å². The molecule has 7 nitrogen and oxygen atoms in total. The monoisotopic (exact) mass is 601 g/mol. The number of ether oxygens (including phenoxy) is 3. The summed E-state index contributed by atoms with van der Waals surface area (Å²) in [7, 11) is 1.87. The van der Waals surface area contributed by atoms with Crippen LogP contribution in [0.5, 0.6) is 5.75 Å². The Labute approximate surface area is 255 Å². The van der Waals surface area contributed by atoms with Gasteiger partial charge in [-0.15, -0.1) is 0 Å².